The molecule has 0 amide bonds. The largest absolute Gasteiger partial charge is 0.366 e. The van der Waals surface area contributed by atoms with Gasteiger partial charge in [-0.1, -0.05) is 19.1 Å². The van der Waals surface area contributed by atoms with Crippen molar-refractivity contribution in [2.45, 2.75) is 19.9 Å². The maximum atomic E-state index is 14.2. The standard InChI is InChI=1S/C15H24FN3/c1-4-18-8-10-19(11-9-18)15-13(12(2)17-3)6-5-7-14(15)16/h5-7,12,17H,4,8-11H2,1-3H3. The molecule has 1 unspecified atom stereocenters. The molecule has 1 saturated heterocycles. The molecule has 1 aliphatic heterocycles. The Morgan fingerprint density at radius 2 is 1.95 bits per heavy atom. The molecule has 1 aromatic rings. The molecule has 1 atom stereocenters. The van der Waals surface area contributed by atoms with Crippen LogP contribution in [0.4, 0.5) is 10.1 Å². The molecule has 1 aromatic carbocycles. The van der Waals surface area contributed by atoms with Gasteiger partial charge >= 0.3 is 0 Å². The topological polar surface area (TPSA) is 18.5 Å². The SMILES string of the molecule is CCN1CCN(c2c(F)cccc2C(C)NC)CC1. The number of halogens is 1. The Kier molecular flexibility index (Phi) is 4.77. The first-order chi connectivity index (χ1) is 9.17. The molecule has 0 radical (unpaired) electrons. The fraction of sp³-hybridized carbons (Fsp3) is 0.600. The highest BCUT2D eigenvalue weighted by molar-refractivity contribution is 5.56. The third-order valence-electron chi connectivity index (χ3n) is 4.05. The third-order valence-corrected chi connectivity index (χ3v) is 4.05. The van der Waals surface area contributed by atoms with Gasteiger partial charge in [0, 0.05) is 32.2 Å². The van der Waals surface area contributed by atoms with Gasteiger partial charge in [-0.05, 0) is 32.1 Å². The number of nitrogens with zero attached hydrogens (tertiary/aromatic N) is 2. The second kappa shape index (κ2) is 6.35. The van der Waals surface area contributed by atoms with Gasteiger partial charge in [-0.2, -0.15) is 0 Å². The van der Waals surface area contributed by atoms with Crippen molar-refractivity contribution < 1.29 is 4.39 Å². The molecule has 2 rings (SSSR count). The van der Waals surface area contributed by atoms with Crippen molar-refractivity contribution in [1.82, 2.24) is 10.2 Å². The highest BCUT2D eigenvalue weighted by atomic mass is 19.1. The van der Waals surface area contributed by atoms with E-state index in [1.54, 1.807) is 12.1 Å². The van der Waals surface area contributed by atoms with Crippen molar-refractivity contribution in [3.63, 3.8) is 0 Å². The van der Waals surface area contributed by atoms with Gasteiger partial charge in [0.1, 0.15) is 5.82 Å². The Hall–Kier alpha value is -1.13. The third kappa shape index (κ3) is 3.07. The van der Waals surface area contributed by atoms with E-state index in [1.807, 2.05) is 13.1 Å². The average molecular weight is 265 g/mol. The lowest BCUT2D eigenvalue weighted by molar-refractivity contribution is 0.270. The first kappa shape index (κ1) is 14.3. The van der Waals surface area contributed by atoms with Crippen LogP contribution in [0.5, 0.6) is 0 Å². The fourth-order valence-electron chi connectivity index (χ4n) is 2.66. The predicted molar refractivity (Wildman–Crippen MR) is 78.2 cm³/mol. The van der Waals surface area contributed by atoms with Crippen LogP contribution >= 0.6 is 0 Å². The zero-order valence-corrected chi connectivity index (χ0v) is 12.1. The lowest BCUT2D eigenvalue weighted by Crippen LogP contribution is -2.47. The van der Waals surface area contributed by atoms with Gasteiger partial charge in [-0.3, -0.25) is 0 Å². The minimum absolute atomic E-state index is 0.107. The van der Waals surface area contributed by atoms with E-state index in [0.29, 0.717) is 0 Å². The maximum Gasteiger partial charge on any atom is 0.146 e. The fourth-order valence-corrected chi connectivity index (χ4v) is 2.66. The molecule has 106 valence electrons. The highest BCUT2D eigenvalue weighted by Crippen LogP contribution is 2.30. The zero-order valence-electron chi connectivity index (χ0n) is 12.1. The van der Waals surface area contributed by atoms with E-state index in [4.69, 9.17) is 0 Å². The number of para-hydroxylation sites is 1. The van der Waals surface area contributed by atoms with E-state index in [0.717, 1.165) is 44.0 Å². The van der Waals surface area contributed by atoms with E-state index in [9.17, 15) is 4.39 Å². The summed E-state index contributed by atoms with van der Waals surface area (Å²) in [7, 11) is 1.91. The van der Waals surface area contributed by atoms with Crippen LogP contribution in [0, 0.1) is 5.82 Å². The van der Waals surface area contributed by atoms with Crippen LogP contribution in [-0.4, -0.2) is 44.7 Å². The van der Waals surface area contributed by atoms with Gasteiger partial charge in [0.05, 0.1) is 5.69 Å². The summed E-state index contributed by atoms with van der Waals surface area (Å²) >= 11 is 0. The minimum atomic E-state index is -0.107. The molecular weight excluding hydrogens is 241 g/mol. The summed E-state index contributed by atoms with van der Waals surface area (Å²) in [4.78, 5) is 4.59. The molecule has 19 heavy (non-hydrogen) atoms. The van der Waals surface area contributed by atoms with Gasteiger partial charge in [-0.25, -0.2) is 4.39 Å². The molecule has 0 saturated carbocycles. The quantitative estimate of drug-likeness (QED) is 0.901. The number of rotatable bonds is 4. The first-order valence-electron chi connectivity index (χ1n) is 7.10. The van der Waals surface area contributed by atoms with Crippen LogP contribution in [-0.2, 0) is 0 Å². The predicted octanol–water partition coefficient (Wildman–Crippen LogP) is 2.25. The summed E-state index contributed by atoms with van der Waals surface area (Å²) in [5.41, 5.74) is 1.83. The molecule has 0 aliphatic carbocycles. The zero-order chi connectivity index (χ0) is 13.8. The number of likely N-dealkylation sites (N-methyl/N-ethyl adjacent to an activating group) is 1. The Morgan fingerprint density at radius 3 is 2.53 bits per heavy atom. The molecule has 3 nitrogen and oxygen atoms in total. The van der Waals surface area contributed by atoms with Crippen LogP contribution in [0.25, 0.3) is 0 Å². The van der Waals surface area contributed by atoms with Crippen LogP contribution < -0.4 is 10.2 Å². The van der Waals surface area contributed by atoms with E-state index >= 15 is 0 Å². The van der Waals surface area contributed by atoms with Crippen molar-refractivity contribution in [2.75, 3.05) is 44.7 Å². The smallest absolute Gasteiger partial charge is 0.146 e. The maximum absolute atomic E-state index is 14.2. The van der Waals surface area contributed by atoms with Crippen molar-refractivity contribution in [3.05, 3.63) is 29.6 Å². The number of anilines is 1. The van der Waals surface area contributed by atoms with Crippen molar-refractivity contribution in [2.24, 2.45) is 0 Å². The number of benzene rings is 1. The molecule has 1 fully saturated rings. The number of hydrogen-bond acceptors (Lipinski definition) is 3. The van der Waals surface area contributed by atoms with Crippen LogP contribution in [0.2, 0.25) is 0 Å². The van der Waals surface area contributed by atoms with Crippen molar-refractivity contribution in [1.29, 1.82) is 0 Å². The summed E-state index contributed by atoms with van der Waals surface area (Å²) in [6.45, 7) is 9.14. The molecule has 0 spiro atoms. The van der Waals surface area contributed by atoms with E-state index in [1.165, 1.54) is 0 Å². The number of piperazine rings is 1. The number of hydrogen-bond donors (Lipinski definition) is 1. The lowest BCUT2D eigenvalue weighted by Gasteiger charge is -2.37. The van der Waals surface area contributed by atoms with E-state index < -0.39 is 0 Å². The van der Waals surface area contributed by atoms with Crippen LogP contribution in [0.15, 0.2) is 18.2 Å². The molecule has 0 bridgehead atoms. The Bertz CT molecular complexity index is 414. The molecule has 1 heterocycles. The van der Waals surface area contributed by atoms with Gasteiger partial charge in [0.25, 0.3) is 0 Å². The lowest BCUT2D eigenvalue weighted by atomic mass is 10.0. The monoisotopic (exact) mass is 265 g/mol. The molecule has 4 heteroatoms. The highest BCUT2D eigenvalue weighted by Gasteiger charge is 2.22. The molecule has 1 N–H and O–H groups in total. The summed E-state index contributed by atoms with van der Waals surface area (Å²) in [5.74, 6) is -0.107. The Morgan fingerprint density at radius 1 is 1.26 bits per heavy atom. The molecule has 1 aliphatic rings. The summed E-state index contributed by atoms with van der Waals surface area (Å²) in [6, 6.07) is 5.54. The van der Waals surface area contributed by atoms with Crippen molar-refractivity contribution >= 4 is 5.69 Å². The van der Waals surface area contributed by atoms with Gasteiger partial charge in [0.15, 0.2) is 0 Å². The van der Waals surface area contributed by atoms with E-state index in [2.05, 4.69) is 29.0 Å². The summed E-state index contributed by atoms with van der Waals surface area (Å²) < 4.78 is 14.2. The Balaban J connectivity index is 2.24. The molecular formula is C15H24FN3. The van der Waals surface area contributed by atoms with Gasteiger partial charge in [-0.15, -0.1) is 0 Å². The van der Waals surface area contributed by atoms with Gasteiger partial charge < -0.3 is 15.1 Å². The average Bonchev–Trinajstić information content (AvgIpc) is 2.46. The molecule has 0 aromatic heterocycles. The normalized spacial score (nSPS) is 18.6. The van der Waals surface area contributed by atoms with Crippen LogP contribution in [0.1, 0.15) is 25.5 Å². The summed E-state index contributed by atoms with van der Waals surface area (Å²) in [5, 5.41) is 3.20. The van der Waals surface area contributed by atoms with Gasteiger partial charge in [0.2, 0.25) is 0 Å². The number of nitrogens with one attached hydrogen (secondary N) is 1. The van der Waals surface area contributed by atoms with Crippen LogP contribution in [0.3, 0.4) is 0 Å². The second-order valence-electron chi connectivity index (χ2n) is 5.11. The first-order valence-corrected chi connectivity index (χ1v) is 7.10. The van der Waals surface area contributed by atoms with E-state index in [-0.39, 0.29) is 11.9 Å². The minimum Gasteiger partial charge on any atom is -0.366 e. The van der Waals surface area contributed by atoms with Crippen molar-refractivity contribution in [3.8, 4) is 0 Å². The summed E-state index contributed by atoms with van der Waals surface area (Å²) in [6.07, 6.45) is 0. The second-order valence-corrected chi connectivity index (χ2v) is 5.11. The Labute approximate surface area is 115 Å².